The Kier molecular flexibility index (Phi) is 4.78. The van der Waals surface area contributed by atoms with Gasteiger partial charge in [-0.2, -0.15) is 0 Å². The van der Waals surface area contributed by atoms with Gasteiger partial charge < -0.3 is 10.7 Å². The molecule has 0 spiro atoms. The maximum atomic E-state index is 13.3. The summed E-state index contributed by atoms with van der Waals surface area (Å²) in [6, 6.07) is 4.16. The topological polar surface area (TPSA) is 63.0 Å². The molecule has 0 atom stereocenters. The van der Waals surface area contributed by atoms with Crippen LogP contribution in [-0.2, 0) is 0 Å². The number of nitrogens with two attached hydrogens (primary N) is 1. The first kappa shape index (κ1) is 15.4. The van der Waals surface area contributed by atoms with Crippen LogP contribution in [0.2, 0.25) is 20.1 Å². The Morgan fingerprint density at radius 3 is 2.00 bits per heavy atom. The van der Waals surface area contributed by atoms with Crippen LogP contribution in [0, 0.1) is 5.82 Å². The number of aromatic nitrogens is 1. The summed E-state index contributed by atoms with van der Waals surface area (Å²) in [5.41, 5.74) is 2.74. The van der Waals surface area contributed by atoms with E-state index in [0.717, 1.165) is 0 Å². The van der Waals surface area contributed by atoms with Crippen molar-refractivity contribution in [1.82, 2.24) is 4.98 Å². The molecule has 2 aromatic rings. The van der Waals surface area contributed by atoms with Gasteiger partial charge in [0.2, 0.25) is 0 Å². The molecule has 2 rings (SSSR count). The second-order valence-corrected chi connectivity index (χ2v) is 5.30. The molecule has 0 aliphatic rings. The lowest BCUT2D eigenvalue weighted by Gasteiger charge is -2.11. The minimum absolute atomic E-state index is 0.123. The standard InChI is InChI=1S/C11H7Cl4FN4/c12-5-1-4(2-6(13)9(5)16)18-10-7(14)3-8(15)11(19-10)20-17/h1-3H,17H2,(H2,18,19,20). The molecule has 106 valence electrons. The molecule has 9 heteroatoms. The van der Waals surface area contributed by atoms with Crippen LogP contribution in [0.5, 0.6) is 0 Å². The van der Waals surface area contributed by atoms with E-state index in [1.165, 1.54) is 18.2 Å². The van der Waals surface area contributed by atoms with E-state index in [4.69, 9.17) is 52.2 Å². The second-order valence-electron chi connectivity index (χ2n) is 3.67. The summed E-state index contributed by atoms with van der Waals surface area (Å²) in [4.78, 5) is 4.08. The van der Waals surface area contributed by atoms with Crippen molar-refractivity contribution < 1.29 is 4.39 Å². The van der Waals surface area contributed by atoms with Gasteiger partial charge >= 0.3 is 0 Å². The van der Waals surface area contributed by atoms with E-state index in [9.17, 15) is 4.39 Å². The summed E-state index contributed by atoms with van der Waals surface area (Å²) >= 11 is 23.3. The number of pyridine rings is 1. The third-order valence-electron chi connectivity index (χ3n) is 2.31. The Morgan fingerprint density at radius 1 is 0.900 bits per heavy atom. The van der Waals surface area contributed by atoms with Crippen molar-refractivity contribution in [3.63, 3.8) is 0 Å². The maximum Gasteiger partial charge on any atom is 0.161 e. The third kappa shape index (κ3) is 3.19. The van der Waals surface area contributed by atoms with Crippen molar-refractivity contribution in [2.24, 2.45) is 5.84 Å². The molecule has 0 aliphatic heterocycles. The molecular formula is C11H7Cl4FN4. The van der Waals surface area contributed by atoms with E-state index in [1.54, 1.807) is 0 Å². The van der Waals surface area contributed by atoms with Gasteiger partial charge in [0, 0.05) is 5.69 Å². The predicted octanol–water partition coefficient (Wildman–Crippen LogP) is 4.86. The average molecular weight is 356 g/mol. The number of hydrogen-bond acceptors (Lipinski definition) is 4. The zero-order valence-corrected chi connectivity index (χ0v) is 12.7. The van der Waals surface area contributed by atoms with E-state index in [2.05, 4.69) is 15.7 Å². The van der Waals surface area contributed by atoms with E-state index < -0.39 is 5.82 Å². The fourth-order valence-electron chi connectivity index (χ4n) is 1.42. The summed E-state index contributed by atoms with van der Waals surface area (Å²) in [5, 5.41) is 3.12. The van der Waals surface area contributed by atoms with Gasteiger partial charge in [0.05, 0.1) is 20.1 Å². The van der Waals surface area contributed by atoms with Crippen LogP contribution >= 0.6 is 46.4 Å². The lowest BCUT2D eigenvalue weighted by Crippen LogP contribution is -2.10. The second kappa shape index (κ2) is 6.20. The number of nitrogens with zero attached hydrogens (tertiary/aromatic N) is 1. The molecule has 0 amide bonds. The Morgan fingerprint density at radius 2 is 1.45 bits per heavy atom. The van der Waals surface area contributed by atoms with Crippen molar-refractivity contribution in [1.29, 1.82) is 0 Å². The first-order valence-corrected chi connectivity index (χ1v) is 6.67. The number of hydrogen-bond donors (Lipinski definition) is 3. The minimum Gasteiger partial charge on any atom is -0.339 e. The van der Waals surface area contributed by atoms with Crippen molar-refractivity contribution in [3.05, 3.63) is 44.1 Å². The molecule has 4 N–H and O–H groups in total. The normalized spacial score (nSPS) is 10.5. The molecule has 0 saturated heterocycles. The molecule has 0 bridgehead atoms. The number of rotatable bonds is 3. The van der Waals surface area contributed by atoms with Crippen LogP contribution in [0.4, 0.5) is 21.7 Å². The number of hydrazine groups is 1. The van der Waals surface area contributed by atoms with Crippen molar-refractivity contribution in [3.8, 4) is 0 Å². The molecule has 0 radical (unpaired) electrons. The van der Waals surface area contributed by atoms with E-state index in [-0.39, 0.29) is 31.7 Å². The summed E-state index contributed by atoms with van der Waals surface area (Å²) in [6.07, 6.45) is 0. The van der Waals surface area contributed by atoms with Crippen LogP contribution in [0.3, 0.4) is 0 Å². The summed E-state index contributed by atoms with van der Waals surface area (Å²) in [7, 11) is 0. The highest BCUT2D eigenvalue weighted by Crippen LogP contribution is 2.33. The summed E-state index contributed by atoms with van der Waals surface area (Å²) < 4.78 is 13.3. The monoisotopic (exact) mass is 354 g/mol. The van der Waals surface area contributed by atoms with Gasteiger partial charge in [0.15, 0.2) is 17.5 Å². The molecule has 1 aromatic carbocycles. The number of benzene rings is 1. The lowest BCUT2D eigenvalue weighted by atomic mass is 10.3. The van der Waals surface area contributed by atoms with Gasteiger partial charge in [-0.15, -0.1) is 0 Å². The summed E-state index contributed by atoms with van der Waals surface area (Å²) in [5.74, 6) is 5.08. The van der Waals surface area contributed by atoms with Crippen molar-refractivity contribution in [2.45, 2.75) is 0 Å². The Hall–Kier alpha value is -0.980. The largest absolute Gasteiger partial charge is 0.339 e. The third-order valence-corrected chi connectivity index (χ3v) is 3.44. The quantitative estimate of drug-likeness (QED) is 0.418. The zero-order valence-electron chi connectivity index (χ0n) is 9.65. The van der Waals surface area contributed by atoms with Gasteiger partial charge in [-0.1, -0.05) is 46.4 Å². The van der Waals surface area contributed by atoms with Crippen LogP contribution in [0.1, 0.15) is 0 Å². The molecule has 1 aromatic heterocycles. The molecule has 0 unspecified atom stereocenters. The zero-order chi connectivity index (χ0) is 14.9. The SMILES string of the molecule is NNc1nc(Nc2cc(Cl)c(F)c(Cl)c2)c(Cl)cc1Cl. The Balaban J connectivity index is 2.39. The van der Waals surface area contributed by atoms with Crippen molar-refractivity contribution >= 4 is 63.7 Å². The Bertz CT molecular complexity index is 642. The molecule has 4 nitrogen and oxygen atoms in total. The molecule has 0 saturated carbocycles. The Labute approximate surface area is 133 Å². The molecule has 20 heavy (non-hydrogen) atoms. The minimum atomic E-state index is -0.696. The molecule has 0 aliphatic carbocycles. The van der Waals surface area contributed by atoms with Gasteiger partial charge in [-0.3, -0.25) is 0 Å². The van der Waals surface area contributed by atoms with Gasteiger partial charge in [-0.05, 0) is 18.2 Å². The van der Waals surface area contributed by atoms with E-state index in [0.29, 0.717) is 5.69 Å². The number of anilines is 3. The average Bonchev–Trinajstić information content (AvgIpc) is 2.39. The van der Waals surface area contributed by atoms with Crippen LogP contribution < -0.4 is 16.6 Å². The van der Waals surface area contributed by atoms with Gasteiger partial charge in [0.1, 0.15) is 0 Å². The van der Waals surface area contributed by atoms with E-state index >= 15 is 0 Å². The highest BCUT2D eigenvalue weighted by molar-refractivity contribution is 6.37. The molecule has 0 fully saturated rings. The molecular weight excluding hydrogens is 349 g/mol. The van der Waals surface area contributed by atoms with Gasteiger partial charge in [-0.25, -0.2) is 15.2 Å². The first-order chi connectivity index (χ1) is 9.42. The smallest absolute Gasteiger partial charge is 0.161 e. The maximum absolute atomic E-state index is 13.3. The van der Waals surface area contributed by atoms with Crippen LogP contribution in [-0.4, -0.2) is 4.98 Å². The lowest BCUT2D eigenvalue weighted by molar-refractivity contribution is 0.629. The highest BCUT2D eigenvalue weighted by atomic mass is 35.5. The highest BCUT2D eigenvalue weighted by Gasteiger charge is 2.12. The van der Waals surface area contributed by atoms with Crippen molar-refractivity contribution in [2.75, 3.05) is 10.7 Å². The van der Waals surface area contributed by atoms with Crippen LogP contribution in [0.15, 0.2) is 18.2 Å². The van der Waals surface area contributed by atoms with Gasteiger partial charge in [0.25, 0.3) is 0 Å². The van der Waals surface area contributed by atoms with E-state index in [1.807, 2.05) is 0 Å². The fraction of sp³-hybridized carbons (Fsp3) is 0. The molecule has 1 heterocycles. The number of halogens is 5. The predicted molar refractivity (Wildman–Crippen MR) is 81.8 cm³/mol. The number of nitrogens with one attached hydrogen (secondary N) is 2. The fourth-order valence-corrected chi connectivity index (χ4v) is 2.37. The number of nitrogen functional groups attached to an aromatic ring is 1. The van der Waals surface area contributed by atoms with Crippen LogP contribution in [0.25, 0.3) is 0 Å². The first-order valence-electron chi connectivity index (χ1n) is 5.16. The summed E-state index contributed by atoms with van der Waals surface area (Å²) in [6.45, 7) is 0.